The van der Waals surface area contributed by atoms with E-state index in [0.29, 0.717) is 6.67 Å². The van der Waals surface area contributed by atoms with Crippen molar-refractivity contribution in [3.8, 4) is 0 Å². The van der Waals surface area contributed by atoms with E-state index in [4.69, 9.17) is 0 Å². The first-order chi connectivity index (χ1) is 9.33. The molecule has 0 aliphatic carbocycles. The second-order valence-electron chi connectivity index (χ2n) is 4.47. The third-order valence-corrected chi connectivity index (χ3v) is 2.98. The SMILES string of the molecule is CC1=c2nc(Cc3cn[nH]c3)[nH]/c2=C/NCNC=C1. The molecule has 1 aliphatic heterocycles. The first-order valence-corrected chi connectivity index (χ1v) is 6.20. The summed E-state index contributed by atoms with van der Waals surface area (Å²) in [5.41, 5.74) is 2.24. The topological polar surface area (TPSA) is 81.4 Å². The van der Waals surface area contributed by atoms with Gasteiger partial charge in [0.15, 0.2) is 0 Å². The highest BCUT2D eigenvalue weighted by molar-refractivity contribution is 5.53. The van der Waals surface area contributed by atoms with Crippen molar-refractivity contribution < 1.29 is 0 Å². The Morgan fingerprint density at radius 2 is 2.26 bits per heavy atom. The first-order valence-electron chi connectivity index (χ1n) is 6.20. The van der Waals surface area contributed by atoms with E-state index in [-0.39, 0.29) is 0 Å². The van der Waals surface area contributed by atoms with Crippen LogP contribution in [0.1, 0.15) is 18.3 Å². The van der Waals surface area contributed by atoms with Gasteiger partial charge in [-0.15, -0.1) is 0 Å². The second kappa shape index (κ2) is 5.01. The average molecular weight is 256 g/mol. The van der Waals surface area contributed by atoms with Crippen LogP contribution in [0.3, 0.4) is 0 Å². The van der Waals surface area contributed by atoms with Crippen molar-refractivity contribution in [1.82, 2.24) is 30.8 Å². The van der Waals surface area contributed by atoms with Gasteiger partial charge in [-0.3, -0.25) is 5.10 Å². The van der Waals surface area contributed by atoms with Gasteiger partial charge in [-0.2, -0.15) is 5.10 Å². The van der Waals surface area contributed by atoms with Gasteiger partial charge in [0.05, 0.1) is 23.6 Å². The van der Waals surface area contributed by atoms with Crippen LogP contribution >= 0.6 is 0 Å². The van der Waals surface area contributed by atoms with E-state index < -0.39 is 0 Å². The summed E-state index contributed by atoms with van der Waals surface area (Å²) >= 11 is 0. The first kappa shape index (κ1) is 11.6. The monoisotopic (exact) mass is 256 g/mol. The van der Waals surface area contributed by atoms with E-state index >= 15 is 0 Å². The summed E-state index contributed by atoms with van der Waals surface area (Å²) in [6.45, 7) is 2.75. The molecule has 6 nitrogen and oxygen atoms in total. The number of hydrogen-bond donors (Lipinski definition) is 4. The van der Waals surface area contributed by atoms with Crippen LogP contribution in [0.25, 0.3) is 11.8 Å². The van der Waals surface area contributed by atoms with E-state index in [1.54, 1.807) is 0 Å². The van der Waals surface area contributed by atoms with E-state index in [9.17, 15) is 0 Å². The Balaban J connectivity index is 2.05. The van der Waals surface area contributed by atoms with Crippen molar-refractivity contribution in [2.75, 3.05) is 6.67 Å². The summed E-state index contributed by atoms with van der Waals surface area (Å²) in [6.07, 6.45) is 10.3. The molecule has 0 fully saturated rings. The largest absolute Gasteiger partial charge is 0.374 e. The smallest absolute Gasteiger partial charge is 0.111 e. The zero-order valence-electron chi connectivity index (χ0n) is 10.7. The summed E-state index contributed by atoms with van der Waals surface area (Å²) in [7, 11) is 0. The lowest BCUT2D eigenvalue weighted by atomic mass is 10.2. The van der Waals surface area contributed by atoms with Gasteiger partial charge in [-0.1, -0.05) is 0 Å². The lowest BCUT2D eigenvalue weighted by molar-refractivity contribution is 0.795. The van der Waals surface area contributed by atoms with Gasteiger partial charge in [-0.05, 0) is 30.3 Å². The third kappa shape index (κ3) is 2.52. The van der Waals surface area contributed by atoms with E-state index in [0.717, 1.165) is 34.1 Å². The molecule has 0 saturated carbocycles. The fraction of sp³-hybridized carbons (Fsp3) is 0.231. The van der Waals surface area contributed by atoms with Gasteiger partial charge in [0, 0.05) is 18.8 Å². The molecular weight excluding hydrogens is 240 g/mol. The minimum absolute atomic E-state index is 0.694. The molecule has 0 unspecified atom stereocenters. The predicted molar refractivity (Wildman–Crippen MR) is 73.1 cm³/mol. The van der Waals surface area contributed by atoms with Gasteiger partial charge in [0.25, 0.3) is 0 Å². The molecule has 19 heavy (non-hydrogen) atoms. The maximum atomic E-state index is 4.67. The number of aromatic nitrogens is 4. The highest BCUT2D eigenvalue weighted by Gasteiger charge is 2.04. The van der Waals surface area contributed by atoms with Gasteiger partial charge in [0.1, 0.15) is 5.82 Å². The third-order valence-electron chi connectivity index (χ3n) is 2.98. The van der Waals surface area contributed by atoms with Crippen molar-refractivity contribution in [2.24, 2.45) is 0 Å². The Morgan fingerprint density at radius 1 is 1.32 bits per heavy atom. The highest BCUT2D eigenvalue weighted by Crippen LogP contribution is 2.00. The molecule has 98 valence electrons. The van der Waals surface area contributed by atoms with Crippen LogP contribution in [0.5, 0.6) is 0 Å². The Morgan fingerprint density at radius 3 is 3.11 bits per heavy atom. The molecule has 0 saturated heterocycles. The predicted octanol–water partition coefficient (Wildman–Crippen LogP) is -0.704. The lowest BCUT2D eigenvalue weighted by Crippen LogP contribution is -2.30. The number of H-pyrrole nitrogens is 2. The summed E-state index contributed by atoms with van der Waals surface area (Å²) in [6, 6.07) is 0. The zero-order chi connectivity index (χ0) is 13.1. The van der Waals surface area contributed by atoms with Gasteiger partial charge in [0.2, 0.25) is 0 Å². The fourth-order valence-electron chi connectivity index (χ4n) is 2.03. The fourth-order valence-corrected chi connectivity index (χ4v) is 2.03. The van der Waals surface area contributed by atoms with Gasteiger partial charge < -0.3 is 15.6 Å². The summed E-state index contributed by atoms with van der Waals surface area (Å²) < 4.78 is 0. The summed E-state index contributed by atoms with van der Waals surface area (Å²) in [5, 5.41) is 15.1. The molecule has 4 N–H and O–H groups in total. The molecule has 0 bridgehead atoms. The number of rotatable bonds is 2. The normalized spacial score (nSPS) is 16.3. The van der Waals surface area contributed by atoms with Crippen molar-refractivity contribution in [3.05, 3.63) is 46.8 Å². The maximum absolute atomic E-state index is 4.67. The Labute approximate surface area is 110 Å². The van der Waals surface area contributed by atoms with Crippen molar-refractivity contribution in [2.45, 2.75) is 13.3 Å². The standard InChI is InChI=1S/C13H16N6/c1-9-2-3-14-8-15-7-11-13(9)19-12(18-11)4-10-5-16-17-6-10/h2-3,5-7,14-15H,4,8H2,1H3,(H,16,17)(H,18,19)/b3-2?,11-7+,13-9?. The van der Waals surface area contributed by atoms with Crippen LogP contribution in [0.4, 0.5) is 0 Å². The molecule has 3 heterocycles. The summed E-state index contributed by atoms with van der Waals surface area (Å²) in [4.78, 5) is 8.01. The molecule has 0 spiro atoms. The molecule has 0 amide bonds. The number of allylic oxidation sites excluding steroid dienone is 1. The molecule has 3 rings (SSSR count). The maximum Gasteiger partial charge on any atom is 0.111 e. The molecule has 1 aliphatic rings. The van der Waals surface area contributed by atoms with E-state index in [1.165, 1.54) is 0 Å². The van der Waals surface area contributed by atoms with Crippen LogP contribution in [0, 0.1) is 0 Å². The molecular formula is C13H16N6. The van der Waals surface area contributed by atoms with Crippen molar-refractivity contribution in [1.29, 1.82) is 0 Å². The average Bonchev–Trinajstić information content (AvgIpc) is 3.03. The van der Waals surface area contributed by atoms with Gasteiger partial charge >= 0.3 is 0 Å². The number of fused-ring (bicyclic) bond motifs is 1. The number of aromatic amines is 2. The zero-order valence-corrected chi connectivity index (χ0v) is 10.7. The van der Waals surface area contributed by atoms with Crippen LogP contribution in [-0.4, -0.2) is 26.8 Å². The van der Waals surface area contributed by atoms with Crippen molar-refractivity contribution in [3.63, 3.8) is 0 Å². The number of nitrogens with one attached hydrogen (secondary N) is 4. The van der Waals surface area contributed by atoms with Gasteiger partial charge in [-0.25, -0.2) is 4.98 Å². The van der Waals surface area contributed by atoms with Crippen LogP contribution in [0.2, 0.25) is 0 Å². The number of hydrogen-bond acceptors (Lipinski definition) is 4. The lowest BCUT2D eigenvalue weighted by Gasteiger charge is -1.97. The molecule has 2 aromatic heterocycles. The van der Waals surface area contributed by atoms with Crippen LogP contribution in [0.15, 0.2) is 24.7 Å². The quantitative estimate of drug-likeness (QED) is 0.572. The van der Waals surface area contributed by atoms with E-state index in [1.807, 2.05) is 30.9 Å². The van der Waals surface area contributed by atoms with Crippen LogP contribution < -0.4 is 21.3 Å². The van der Waals surface area contributed by atoms with Crippen LogP contribution in [-0.2, 0) is 6.42 Å². The minimum atomic E-state index is 0.694. The second-order valence-corrected chi connectivity index (χ2v) is 4.47. The Hall–Kier alpha value is -2.50. The Bertz CT molecular complexity index is 692. The molecule has 0 atom stereocenters. The number of imidazole rings is 1. The molecule has 2 aromatic rings. The summed E-state index contributed by atoms with van der Waals surface area (Å²) in [5.74, 6) is 0.936. The molecule has 0 aromatic carbocycles. The minimum Gasteiger partial charge on any atom is -0.374 e. The molecule has 6 heteroatoms. The van der Waals surface area contributed by atoms with Crippen molar-refractivity contribution >= 4 is 11.8 Å². The van der Waals surface area contributed by atoms with E-state index in [2.05, 4.69) is 37.7 Å². The highest BCUT2D eigenvalue weighted by atomic mass is 15.1. The Kier molecular flexibility index (Phi) is 3.06. The number of nitrogens with zero attached hydrogens (tertiary/aromatic N) is 2. The molecule has 0 radical (unpaired) electrons.